The molecule has 1 aliphatic rings. The van der Waals surface area contributed by atoms with Crippen molar-refractivity contribution in [2.24, 2.45) is 5.73 Å². The van der Waals surface area contributed by atoms with Gasteiger partial charge in [0.1, 0.15) is 5.60 Å². The monoisotopic (exact) mass is 225 g/mol. The van der Waals surface area contributed by atoms with Gasteiger partial charge in [-0.2, -0.15) is 4.98 Å². The van der Waals surface area contributed by atoms with Crippen LogP contribution in [0.4, 0.5) is 0 Å². The molecule has 1 fully saturated rings. The first-order valence-corrected chi connectivity index (χ1v) is 5.85. The number of methoxy groups -OCH3 is 1. The van der Waals surface area contributed by atoms with Crippen LogP contribution in [0.15, 0.2) is 4.52 Å². The number of rotatable bonds is 5. The second-order valence-electron chi connectivity index (χ2n) is 4.35. The molecule has 0 radical (unpaired) electrons. The summed E-state index contributed by atoms with van der Waals surface area (Å²) in [5.41, 5.74) is 5.36. The van der Waals surface area contributed by atoms with Crippen LogP contribution in [0.1, 0.15) is 50.2 Å². The summed E-state index contributed by atoms with van der Waals surface area (Å²) >= 11 is 0. The van der Waals surface area contributed by atoms with Gasteiger partial charge in [0, 0.05) is 13.7 Å². The number of aromatic nitrogens is 2. The molecule has 0 bridgehead atoms. The summed E-state index contributed by atoms with van der Waals surface area (Å²) in [6.45, 7) is 2.61. The molecule has 1 heterocycles. The fourth-order valence-corrected chi connectivity index (χ4v) is 2.05. The maximum absolute atomic E-state index is 5.65. The molecule has 1 unspecified atom stereocenters. The van der Waals surface area contributed by atoms with Crippen molar-refractivity contribution in [1.82, 2.24) is 10.1 Å². The van der Waals surface area contributed by atoms with E-state index in [-0.39, 0.29) is 11.5 Å². The van der Waals surface area contributed by atoms with E-state index in [1.54, 1.807) is 7.11 Å². The molecule has 0 saturated heterocycles. The quantitative estimate of drug-likeness (QED) is 0.822. The molecule has 2 rings (SSSR count). The Labute approximate surface area is 95.3 Å². The van der Waals surface area contributed by atoms with Crippen LogP contribution < -0.4 is 5.73 Å². The van der Waals surface area contributed by atoms with Crippen LogP contribution in [0, 0.1) is 0 Å². The zero-order chi connectivity index (χ0) is 11.6. The Hall–Kier alpha value is -0.940. The minimum Gasteiger partial charge on any atom is -0.370 e. The second kappa shape index (κ2) is 4.51. The molecule has 1 aliphatic carbocycles. The SMILES string of the molecule is CCC(CN)c1nc(C2(OC)CCC2)no1. The maximum atomic E-state index is 5.65. The lowest BCUT2D eigenvalue weighted by Gasteiger charge is -2.37. The van der Waals surface area contributed by atoms with Crippen LogP contribution in [0.2, 0.25) is 0 Å². The zero-order valence-corrected chi connectivity index (χ0v) is 9.90. The van der Waals surface area contributed by atoms with E-state index in [1.807, 2.05) is 0 Å². The molecule has 0 aromatic carbocycles. The largest absolute Gasteiger partial charge is 0.370 e. The van der Waals surface area contributed by atoms with E-state index in [0.717, 1.165) is 25.7 Å². The average Bonchev–Trinajstić information content (AvgIpc) is 2.69. The Kier molecular flexibility index (Phi) is 3.25. The van der Waals surface area contributed by atoms with Crippen molar-refractivity contribution in [2.75, 3.05) is 13.7 Å². The molecule has 5 nitrogen and oxygen atoms in total. The van der Waals surface area contributed by atoms with Crippen LogP contribution in [0.5, 0.6) is 0 Å². The van der Waals surface area contributed by atoms with E-state index in [0.29, 0.717) is 18.3 Å². The Morgan fingerprint density at radius 2 is 2.31 bits per heavy atom. The van der Waals surface area contributed by atoms with Crippen molar-refractivity contribution < 1.29 is 9.26 Å². The normalized spacial score (nSPS) is 20.4. The topological polar surface area (TPSA) is 74.2 Å². The van der Waals surface area contributed by atoms with Crippen LogP contribution in [0.3, 0.4) is 0 Å². The van der Waals surface area contributed by atoms with Gasteiger partial charge < -0.3 is 15.0 Å². The second-order valence-corrected chi connectivity index (χ2v) is 4.35. The highest BCUT2D eigenvalue weighted by Gasteiger charge is 2.43. The summed E-state index contributed by atoms with van der Waals surface area (Å²) in [6, 6.07) is 0. The highest BCUT2D eigenvalue weighted by molar-refractivity contribution is 5.08. The van der Waals surface area contributed by atoms with Crippen LogP contribution in [0.25, 0.3) is 0 Å². The molecule has 0 spiro atoms. The summed E-state index contributed by atoms with van der Waals surface area (Å²) in [5, 5.41) is 4.03. The highest BCUT2D eigenvalue weighted by Crippen LogP contribution is 2.43. The van der Waals surface area contributed by atoms with E-state index < -0.39 is 0 Å². The lowest BCUT2D eigenvalue weighted by molar-refractivity contribution is -0.0858. The molecule has 1 saturated carbocycles. The maximum Gasteiger partial charge on any atom is 0.231 e. The van der Waals surface area contributed by atoms with Gasteiger partial charge in [-0.1, -0.05) is 12.1 Å². The van der Waals surface area contributed by atoms with Crippen molar-refractivity contribution in [3.8, 4) is 0 Å². The average molecular weight is 225 g/mol. The number of hydrogen-bond acceptors (Lipinski definition) is 5. The Bertz CT molecular complexity index is 337. The summed E-state index contributed by atoms with van der Waals surface area (Å²) < 4.78 is 10.8. The van der Waals surface area contributed by atoms with E-state index in [1.165, 1.54) is 0 Å². The van der Waals surface area contributed by atoms with E-state index >= 15 is 0 Å². The molecule has 0 amide bonds. The van der Waals surface area contributed by atoms with Gasteiger partial charge in [0.25, 0.3) is 0 Å². The summed E-state index contributed by atoms with van der Waals surface area (Å²) in [6.07, 6.45) is 4.02. The molecule has 1 aromatic heterocycles. The molecule has 5 heteroatoms. The first kappa shape index (κ1) is 11.5. The van der Waals surface area contributed by atoms with Gasteiger partial charge in [-0.05, 0) is 25.7 Å². The minimum absolute atomic E-state index is 0.162. The van der Waals surface area contributed by atoms with Gasteiger partial charge in [-0.15, -0.1) is 0 Å². The molecule has 90 valence electrons. The molecule has 1 aromatic rings. The van der Waals surface area contributed by atoms with Gasteiger partial charge in [-0.3, -0.25) is 0 Å². The molecule has 2 N–H and O–H groups in total. The third kappa shape index (κ3) is 1.74. The van der Waals surface area contributed by atoms with Crippen LogP contribution in [-0.2, 0) is 10.3 Å². The van der Waals surface area contributed by atoms with Crippen molar-refractivity contribution in [1.29, 1.82) is 0 Å². The lowest BCUT2D eigenvalue weighted by atomic mass is 9.79. The first-order chi connectivity index (χ1) is 7.75. The predicted octanol–water partition coefficient (Wildman–Crippen LogP) is 1.55. The highest BCUT2D eigenvalue weighted by atomic mass is 16.5. The number of hydrogen-bond donors (Lipinski definition) is 1. The van der Waals surface area contributed by atoms with Crippen molar-refractivity contribution in [2.45, 2.75) is 44.1 Å². The Morgan fingerprint density at radius 3 is 2.75 bits per heavy atom. The third-order valence-electron chi connectivity index (χ3n) is 3.53. The number of ether oxygens (including phenoxy) is 1. The predicted molar refractivity (Wildman–Crippen MR) is 58.9 cm³/mol. The summed E-state index contributed by atoms with van der Waals surface area (Å²) in [4.78, 5) is 4.43. The number of nitrogens with zero attached hydrogens (tertiary/aromatic N) is 2. The standard InChI is InChI=1S/C11H19N3O2/c1-3-8(7-12)9-13-10(14-16-9)11(15-2)5-4-6-11/h8H,3-7,12H2,1-2H3. The molecular weight excluding hydrogens is 206 g/mol. The van der Waals surface area contributed by atoms with Gasteiger partial charge in [0.2, 0.25) is 11.7 Å². The van der Waals surface area contributed by atoms with Crippen molar-refractivity contribution in [3.05, 3.63) is 11.7 Å². The van der Waals surface area contributed by atoms with Gasteiger partial charge >= 0.3 is 0 Å². The fraction of sp³-hybridized carbons (Fsp3) is 0.818. The molecule has 0 aliphatic heterocycles. The summed E-state index contributed by atoms with van der Waals surface area (Å²) in [5.74, 6) is 1.49. The van der Waals surface area contributed by atoms with Crippen LogP contribution >= 0.6 is 0 Å². The molecule has 16 heavy (non-hydrogen) atoms. The van der Waals surface area contributed by atoms with Crippen molar-refractivity contribution in [3.63, 3.8) is 0 Å². The molecule has 1 atom stereocenters. The van der Waals surface area contributed by atoms with Crippen LogP contribution in [-0.4, -0.2) is 23.8 Å². The first-order valence-electron chi connectivity index (χ1n) is 5.85. The third-order valence-corrected chi connectivity index (χ3v) is 3.53. The Morgan fingerprint density at radius 1 is 1.56 bits per heavy atom. The molecular formula is C11H19N3O2. The van der Waals surface area contributed by atoms with E-state index in [9.17, 15) is 0 Å². The van der Waals surface area contributed by atoms with Gasteiger partial charge in [-0.25, -0.2) is 0 Å². The van der Waals surface area contributed by atoms with E-state index in [2.05, 4.69) is 17.1 Å². The summed E-state index contributed by atoms with van der Waals surface area (Å²) in [7, 11) is 1.70. The van der Waals surface area contributed by atoms with Gasteiger partial charge in [0.05, 0.1) is 5.92 Å². The minimum atomic E-state index is -0.297. The smallest absolute Gasteiger partial charge is 0.231 e. The Balaban J connectivity index is 2.18. The van der Waals surface area contributed by atoms with Gasteiger partial charge in [0.15, 0.2) is 0 Å². The van der Waals surface area contributed by atoms with E-state index in [4.69, 9.17) is 15.0 Å². The fourth-order valence-electron chi connectivity index (χ4n) is 2.05. The lowest BCUT2D eigenvalue weighted by Crippen LogP contribution is -2.37. The zero-order valence-electron chi connectivity index (χ0n) is 9.90. The number of nitrogens with two attached hydrogens (primary N) is 1. The van der Waals surface area contributed by atoms with Crippen molar-refractivity contribution >= 4 is 0 Å².